The number of carboxylic acids is 1. The molecule has 5 heteroatoms. The Balaban J connectivity index is 2.82. The molecule has 19 heavy (non-hydrogen) atoms. The van der Waals surface area contributed by atoms with E-state index >= 15 is 0 Å². The van der Waals surface area contributed by atoms with E-state index in [1.807, 2.05) is 37.3 Å². The maximum Gasteiger partial charge on any atom is 0.328 e. The Morgan fingerprint density at radius 3 is 2.42 bits per heavy atom. The summed E-state index contributed by atoms with van der Waals surface area (Å²) in [4.78, 5) is 22.8. The van der Waals surface area contributed by atoms with E-state index in [9.17, 15) is 14.0 Å². The van der Waals surface area contributed by atoms with Gasteiger partial charge in [0.2, 0.25) is 5.91 Å². The van der Waals surface area contributed by atoms with Crippen LogP contribution in [0.1, 0.15) is 31.2 Å². The Kier molecular flexibility index (Phi) is 5.99. The molecular weight excluding hydrogens is 249 g/mol. The summed E-state index contributed by atoms with van der Waals surface area (Å²) in [6.07, 6.45) is 1.37. The molecule has 2 N–H and O–H groups in total. The van der Waals surface area contributed by atoms with Crippen molar-refractivity contribution in [2.24, 2.45) is 0 Å². The van der Waals surface area contributed by atoms with Gasteiger partial charge in [-0.25, -0.2) is 9.18 Å². The predicted octanol–water partition coefficient (Wildman–Crippen LogP) is 2.11. The Hall–Kier alpha value is -1.91. The van der Waals surface area contributed by atoms with Crippen molar-refractivity contribution in [2.45, 2.75) is 31.7 Å². The van der Waals surface area contributed by atoms with Gasteiger partial charge in [-0.1, -0.05) is 43.7 Å². The maximum atomic E-state index is 12.5. The van der Waals surface area contributed by atoms with Crippen molar-refractivity contribution in [3.05, 3.63) is 35.9 Å². The van der Waals surface area contributed by atoms with E-state index in [2.05, 4.69) is 5.32 Å². The van der Waals surface area contributed by atoms with Crippen LogP contribution in [-0.2, 0) is 9.59 Å². The summed E-state index contributed by atoms with van der Waals surface area (Å²) in [6, 6.07) is 7.61. The van der Waals surface area contributed by atoms with E-state index in [1.165, 1.54) is 0 Å². The summed E-state index contributed by atoms with van der Waals surface area (Å²) in [7, 11) is 0. The lowest BCUT2D eigenvalue weighted by atomic mass is 9.93. The van der Waals surface area contributed by atoms with Gasteiger partial charge in [0, 0.05) is 0 Å². The van der Waals surface area contributed by atoms with Gasteiger partial charge in [-0.15, -0.1) is 0 Å². The molecule has 2 unspecified atom stereocenters. The van der Waals surface area contributed by atoms with Crippen LogP contribution in [0.3, 0.4) is 0 Å². The third-order valence-electron chi connectivity index (χ3n) is 2.86. The lowest BCUT2D eigenvalue weighted by Gasteiger charge is -2.19. The first-order chi connectivity index (χ1) is 9.10. The Bertz CT molecular complexity index is 422. The van der Waals surface area contributed by atoms with E-state index in [4.69, 9.17) is 5.11 Å². The number of benzene rings is 1. The van der Waals surface area contributed by atoms with Crippen LogP contribution in [0.5, 0.6) is 0 Å². The van der Waals surface area contributed by atoms with Gasteiger partial charge in [0.05, 0.1) is 5.92 Å². The molecule has 0 aromatic heterocycles. The fourth-order valence-electron chi connectivity index (χ4n) is 1.86. The molecule has 2 atom stereocenters. The third-order valence-corrected chi connectivity index (χ3v) is 2.86. The second-order valence-corrected chi connectivity index (χ2v) is 4.31. The van der Waals surface area contributed by atoms with Crippen LogP contribution in [0.2, 0.25) is 0 Å². The normalized spacial score (nSPS) is 13.6. The number of amides is 1. The van der Waals surface area contributed by atoms with Gasteiger partial charge in [0.1, 0.15) is 6.67 Å². The second-order valence-electron chi connectivity index (χ2n) is 4.31. The Labute approximate surface area is 111 Å². The number of carboxylic acid groups (broad SMARTS) is 1. The van der Waals surface area contributed by atoms with E-state index in [1.54, 1.807) is 0 Å². The molecule has 0 heterocycles. The molecule has 0 spiro atoms. The second kappa shape index (κ2) is 7.51. The highest BCUT2D eigenvalue weighted by molar-refractivity contribution is 5.88. The molecule has 0 fully saturated rings. The zero-order chi connectivity index (χ0) is 14.3. The number of aliphatic carboxylic acids is 1. The molecule has 1 amide bonds. The number of nitrogens with one attached hydrogen (secondary N) is 1. The van der Waals surface area contributed by atoms with Crippen LogP contribution in [0.4, 0.5) is 4.39 Å². The standard InChI is InChI=1S/C14H18FNO3/c1-2-6-11(10-7-4-3-5-8-10)13(17)16-12(9-15)14(18)19/h3-5,7-8,11-12H,2,6,9H2,1H3,(H,16,17)(H,18,19). The molecule has 4 nitrogen and oxygen atoms in total. The summed E-state index contributed by atoms with van der Waals surface area (Å²) in [5.74, 6) is -2.25. The minimum Gasteiger partial charge on any atom is -0.480 e. The topological polar surface area (TPSA) is 66.4 Å². The molecule has 0 aliphatic carbocycles. The number of rotatable bonds is 7. The molecular formula is C14H18FNO3. The lowest BCUT2D eigenvalue weighted by molar-refractivity contribution is -0.142. The monoisotopic (exact) mass is 267 g/mol. The van der Waals surface area contributed by atoms with Gasteiger partial charge in [-0.05, 0) is 12.0 Å². The fraction of sp³-hybridized carbons (Fsp3) is 0.429. The third kappa shape index (κ3) is 4.35. The SMILES string of the molecule is CCCC(C(=O)NC(CF)C(=O)O)c1ccccc1. The molecule has 0 bridgehead atoms. The molecule has 1 rings (SSSR count). The van der Waals surface area contributed by atoms with Gasteiger partial charge in [-0.3, -0.25) is 4.79 Å². The number of alkyl halides is 1. The summed E-state index contributed by atoms with van der Waals surface area (Å²) in [6.45, 7) is 0.821. The first-order valence-corrected chi connectivity index (χ1v) is 6.24. The number of hydrogen-bond donors (Lipinski definition) is 2. The van der Waals surface area contributed by atoms with Crippen molar-refractivity contribution < 1.29 is 19.1 Å². The van der Waals surface area contributed by atoms with Crippen molar-refractivity contribution in [3.8, 4) is 0 Å². The zero-order valence-corrected chi connectivity index (χ0v) is 10.8. The molecule has 0 saturated heterocycles. The van der Waals surface area contributed by atoms with Crippen molar-refractivity contribution in [1.29, 1.82) is 0 Å². The summed E-state index contributed by atoms with van der Waals surface area (Å²) in [5, 5.41) is 11.0. The number of carbonyl (C=O) groups excluding carboxylic acids is 1. The molecule has 1 aromatic carbocycles. The van der Waals surface area contributed by atoms with Gasteiger partial charge < -0.3 is 10.4 Å². The molecule has 0 aliphatic rings. The predicted molar refractivity (Wildman–Crippen MR) is 69.6 cm³/mol. The first kappa shape index (κ1) is 15.1. The van der Waals surface area contributed by atoms with E-state index in [0.717, 1.165) is 12.0 Å². The lowest BCUT2D eigenvalue weighted by Crippen LogP contribution is -2.44. The van der Waals surface area contributed by atoms with Crippen LogP contribution < -0.4 is 5.32 Å². The highest BCUT2D eigenvalue weighted by atomic mass is 19.1. The summed E-state index contributed by atoms with van der Waals surface area (Å²) < 4.78 is 12.5. The van der Waals surface area contributed by atoms with Crippen LogP contribution in [0, 0.1) is 0 Å². The quantitative estimate of drug-likeness (QED) is 0.795. The van der Waals surface area contributed by atoms with Crippen molar-refractivity contribution in [3.63, 3.8) is 0 Å². The van der Waals surface area contributed by atoms with Crippen LogP contribution in [-0.4, -0.2) is 29.7 Å². The van der Waals surface area contributed by atoms with Gasteiger partial charge in [0.15, 0.2) is 6.04 Å². The van der Waals surface area contributed by atoms with Crippen molar-refractivity contribution in [1.82, 2.24) is 5.32 Å². The zero-order valence-electron chi connectivity index (χ0n) is 10.8. The molecule has 1 aromatic rings. The summed E-state index contributed by atoms with van der Waals surface area (Å²) in [5.41, 5.74) is 0.810. The molecule has 0 saturated carbocycles. The van der Waals surface area contributed by atoms with Crippen LogP contribution >= 0.6 is 0 Å². The van der Waals surface area contributed by atoms with Gasteiger partial charge in [0.25, 0.3) is 0 Å². The van der Waals surface area contributed by atoms with E-state index in [-0.39, 0.29) is 0 Å². The molecule has 0 aliphatic heterocycles. The van der Waals surface area contributed by atoms with Gasteiger partial charge >= 0.3 is 5.97 Å². The van der Waals surface area contributed by atoms with E-state index < -0.39 is 30.5 Å². The largest absolute Gasteiger partial charge is 0.480 e. The average molecular weight is 267 g/mol. The highest BCUT2D eigenvalue weighted by Crippen LogP contribution is 2.21. The molecule has 104 valence electrons. The van der Waals surface area contributed by atoms with Crippen molar-refractivity contribution >= 4 is 11.9 Å². The average Bonchev–Trinajstić information content (AvgIpc) is 2.42. The maximum absolute atomic E-state index is 12.5. The number of carbonyl (C=O) groups is 2. The molecule has 0 radical (unpaired) electrons. The Morgan fingerprint density at radius 2 is 1.95 bits per heavy atom. The van der Waals surface area contributed by atoms with Gasteiger partial charge in [-0.2, -0.15) is 0 Å². The van der Waals surface area contributed by atoms with Crippen LogP contribution in [0.25, 0.3) is 0 Å². The highest BCUT2D eigenvalue weighted by Gasteiger charge is 2.25. The minimum atomic E-state index is -1.48. The Morgan fingerprint density at radius 1 is 1.32 bits per heavy atom. The minimum absolute atomic E-state index is 0.445. The number of hydrogen-bond acceptors (Lipinski definition) is 2. The smallest absolute Gasteiger partial charge is 0.328 e. The summed E-state index contributed by atoms with van der Waals surface area (Å²) >= 11 is 0. The first-order valence-electron chi connectivity index (χ1n) is 6.24. The van der Waals surface area contributed by atoms with Crippen molar-refractivity contribution in [2.75, 3.05) is 6.67 Å². The fourth-order valence-corrected chi connectivity index (χ4v) is 1.86. The number of halogens is 1. The van der Waals surface area contributed by atoms with Crippen LogP contribution in [0.15, 0.2) is 30.3 Å². The van der Waals surface area contributed by atoms with E-state index in [0.29, 0.717) is 6.42 Å².